The Hall–Kier alpha value is -2.95. The summed E-state index contributed by atoms with van der Waals surface area (Å²) in [4.78, 5) is 26.3. The first kappa shape index (κ1) is 26.3. The first-order valence-corrected chi connectivity index (χ1v) is 10.6. The molecule has 1 unspecified atom stereocenters. The van der Waals surface area contributed by atoms with Crippen LogP contribution in [0.15, 0.2) is 65.8 Å². The van der Waals surface area contributed by atoms with Crippen molar-refractivity contribution >= 4 is 35.8 Å². The van der Waals surface area contributed by atoms with Crippen LogP contribution >= 0.6 is 24.0 Å². The molecule has 0 saturated carbocycles. The standard InChI is InChI=1S/C24H29FN6O.HI/c1-3-27-24(29-14-19(23(26)32)13-17-9-11-20(25)12-10-17)31(2)16-22-28-15-21(30-22)18-7-5-4-6-8-18;/h4-12,15,19H,3,13-14,16H2,1-2H3,(H2,26,32)(H,27,29)(H,28,30);1H. The molecule has 176 valence electrons. The number of halogens is 2. The summed E-state index contributed by atoms with van der Waals surface area (Å²) in [6.07, 6.45) is 2.22. The summed E-state index contributed by atoms with van der Waals surface area (Å²) < 4.78 is 13.2. The van der Waals surface area contributed by atoms with Gasteiger partial charge in [0.05, 0.1) is 30.9 Å². The number of rotatable bonds is 9. The van der Waals surface area contributed by atoms with Crippen LogP contribution in [0.5, 0.6) is 0 Å². The predicted octanol–water partition coefficient (Wildman–Crippen LogP) is 3.58. The molecule has 0 saturated heterocycles. The van der Waals surface area contributed by atoms with E-state index in [-0.39, 0.29) is 36.3 Å². The quantitative estimate of drug-likeness (QED) is 0.210. The molecular formula is C24H30FIN6O. The van der Waals surface area contributed by atoms with Gasteiger partial charge < -0.3 is 20.9 Å². The van der Waals surface area contributed by atoms with Gasteiger partial charge in [-0.15, -0.1) is 24.0 Å². The van der Waals surface area contributed by atoms with Crippen LogP contribution in [-0.4, -0.2) is 46.9 Å². The lowest BCUT2D eigenvalue weighted by atomic mass is 9.99. The van der Waals surface area contributed by atoms with Gasteiger partial charge in [-0.3, -0.25) is 9.79 Å². The summed E-state index contributed by atoms with van der Waals surface area (Å²) in [7, 11) is 1.91. The third-order valence-electron chi connectivity index (χ3n) is 5.06. The fourth-order valence-electron chi connectivity index (χ4n) is 3.33. The van der Waals surface area contributed by atoms with E-state index in [0.29, 0.717) is 25.5 Å². The van der Waals surface area contributed by atoms with Crippen LogP contribution in [0.3, 0.4) is 0 Å². The monoisotopic (exact) mass is 564 g/mol. The van der Waals surface area contributed by atoms with Crippen LogP contribution in [0.2, 0.25) is 0 Å². The zero-order chi connectivity index (χ0) is 22.9. The van der Waals surface area contributed by atoms with Crippen LogP contribution in [0.4, 0.5) is 4.39 Å². The van der Waals surface area contributed by atoms with E-state index in [1.54, 1.807) is 12.1 Å². The second kappa shape index (κ2) is 12.9. The van der Waals surface area contributed by atoms with Crippen molar-refractivity contribution in [2.75, 3.05) is 20.1 Å². The molecular weight excluding hydrogens is 534 g/mol. The number of imidazole rings is 1. The zero-order valence-corrected chi connectivity index (χ0v) is 21.1. The molecule has 0 aliphatic rings. The Morgan fingerprint density at radius 3 is 2.55 bits per heavy atom. The van der Waals surface area contributed by atoms with Gasteiger partial charge in [-0.1, -0.05) is 42.5 Å². The lowest BCUT2D eigenvalue weighted by molar-refractivity contribution is -0.121. The van der Waals surface area contributed by atoms with Crippen molar-refractivity contribution in [2.45, 2.75) is 19.9 Å². The summed E-state index contributed by atoms with van der Waals surface area (Å²) in [5.41, 5.74) is 8.46. The first-order valence-electron chi connectivity index (χ1n) is 10.6. The summed E-state index contributed by atoms with van der Waals surface area (Å²) in [5.74, 6) is 0.211. The number of H-pyrrole nitrogens is 1. The average molecular weight is 564 g/mol. The van der Waals surface area contributed by atoms with E-state index in [9.17, 15) is 9.18 Å². The molecule has 3 aromatic rings. The molecule has 0 fully saturated rings. The molecule has 2 aromatic carbocycles. The maximum absolute atomic E-state index is 13.2. The number of hydrogen-bond donors (Lipinski definition) is 3. The minimum absolute atomic E-state index is 0. The molecule has 4 N–H and O–H groups in total. The average Bonchev–Trinajstić information content (AvgIpc) is 3.25. The number of guanidine groups is 1. The predicted molar refractivity (Wildman–Crippen MR) is 140 cm³/mol. The number of amides is 1. The summed E-state index contributed by atoms with van der Waals surface area (Å²) in [5, 5.41) is 3.24. The highest BCUT2D eigenvalue weighted by Crippen LogP contribution is 2.16. The van der Waals surface area contributed by atoms with E-state index in [2.05, 4.69) is 20.3 Å². The van der Waals surface area contributed by atoms with E-state index in [1.165, 1.54) is 12.1 Å². The van der Waals surface area contributed by atoms with Crippen molar-refractivity contribution in [1.82, 2.24) is 20.2 Å². The number of aromatic amines is 1. The fourth-order valence-corrected chi connectivity index (χ4v) is 3.33. The summed E-state index contributed by atoms with van der Waals surface area (Å²) >= 11 is 0. The number of aliphatic imine (C=N–C) groups is 1. The van der Waals surface area contributed by atoms with Crippen molar-refractivity contribution in [1.29, 1.82) is 0 Å². The van der Waals surface area contributed by atoms with Crippen molar-refractivity contribution in [3.8, 4) is 11.3 Å². The van der Waals surface area contributed by atoms with Crippen LogP contribution in [0, 0.1) is 11.7 Å². The highest BCUT2D eigenvalue weighted by molar-refractivity contribution is 14.0. The van der Waals surface area contributed by atoms with Crippen LogP contribution in [0.25, 0.3) is 11.3 Å². The SMILES string of the molecule is CCNC(=NCC(Cc1ccc(F)cc1)C(N)=O)N(C)Cc1ncc(-c2ccccc2)[nH]1.I. The molecule has 0 radical (unpaired) electrons. The van der Waals surface area contributed by atoms with E-state index in [0.717, 1.165) is 22.6 Å². The zero-order valence-electron chi connectivity index (χ0n) is 18.8. The van der Waals surface area contributed by atoms with Crippen LogP contribution in [0.1, 0.15) is 18.3 Å². The van der Waals surface area contributed by atoms with Crippen molar-refractivity contribution < 1.29 is 9.18 Å². The Labute approximate surface area is 210 Å². The maximum Gasteiger partial charge on any atom is 0.222 e. The van der Waals surface area contributed by atoms with Gasteiger partial charge in [0.2, 0.25) is 5.91 Å². The minimum atomic E-state index is -0.490. The largest absolute Gasteiger partial charge is 0.369 e. The van der Waals surface area contributed by atoms with Gasteiger partial charge >= 0.3 is 0 Å². The Kier molecular flexibility index (Phi) is 10.3. The van der Waals surface area contributed by atoms with Gasteiger partial charge in [0, 0.05) is 13.6 Å². The minimum Gasteiger partial charge on any atom is -0.369 e. The van der Waals surface area contributed by atoms with Gasteiger partial charge in [0.25, 0.3) is 0 Å². The van der Waals surface area contributed by atoms with E-state index in [1.807, 2.05) is 55.4 Å². The molecule has 1 heterocycles. The van der Waals surface area contributed by atoms with Crippen LogP contribution < -0.4 is 11.1 Å². The van der Waals surface area contributed by atoms with Crippen LogP contribution in [-0.2, 0) is 17.8 Å². The molecule has 0 aliphatic heterocycles. The molecule has 33 heavy (non-hydrogen) atoms. The molecule has 9 heteroatoms. The van der Waals surface area contributed by atoms with Crippen molar-refractivity contribution in [3.05, 3.63) is 78.0 Å². The molecule has 0 aliphatic carbocycles. The van der Waals surface area contributed by atoms with Gasteiger partial charge in [-0.05, 0) is 36.6 Å². The van der Waals surface area contributed by atoms with Gasteiger partial charge in [-0.25, -0.2) is 9.37 Å². The lowest BCUT2D eigenvalue weighted by Crippen LogP contribution is -2.39. The topological polar surface area (TPSA) is 99.4 Å². The van der Waals surface area contributed by atoms with Gasteiger partial charge in [0.15, 0.2) is 5.96 Å². The summed E-state index contributed by atoms with van der Waals surface area (Å²) in [6, 6.07) is 16.1. The Bertz CT molecular complexity index is 1040. The molecule has 1 aromatic heterocycles. The van der Waals surface area contributed by atoms with E-state index < -0.39 is 11.8 Å². The maximum atomic E-state index is 13.2. The second-order valence-corrected chi connectivity index (χ2v) is 7.59. The third-order valence-corrected chi connectivity index (χ3v) is 5.06. The third kappa shape index (κ3) is 7.85. The van der Waals surface area contributed by atoms with Gasteiger partial charge in [-0.2, -0.15) is 0 Å². The second-order valence-electron chi connectivity index (χ2n) is 7.59. The van der Waals surface area contributed by atoms with E-state index >= 15 is 0 Å². The first-order chi connectivity index (χ1) is 15.5. The molecule has 0 bridgehead atoms. The number of hydrogen-bond acceptors (Lipinski definition) is 3. The Morgan fingerprint density at radius 1 is 1.21 bits per heavy atom. The highest BCUT2D eigenvalue weighted by atomic mass is 127. The Balaban J connectivity index is 0.00000385. The molecule has 0 spiro atoms. The lowest BCUT2D eigenvalue weighted by Gasteiger charge is -2.22. The molecule has 7 nitrogen and oxygen atoms in total. The molecule has 1 atom stereocenters. The highest BCUT2D eigenvalue weighted by Gasteiger charge is 2.17. The summed E-state index contributed by atoms with van der Waals surface area (Å²) in [6.45, 7) is 3.40. The number of nitrogens with zero attached hydrogens (tertiary/aromatic N) is 3. The number of nitrogens with one attached hydrogen (secondary N) is 2. The van der Waals surface area contributed by atoms with Crippen molar-refractivity contribution in [2.24, 2.45) is 16.6 Å². The number of carbonyl (C=O) groups excluding carboxylic acids is 1. The molecule has 3 rings (SSSR count). The number of nitrogens with two attached hydrogens (primary N) is 1. The smallest absolute Gasteiger partial charge is 0.222 e. The Morgan fingerprint density at radius 2 is 1.91 bits per heavy atom. The number of primary amides is 1. The number of carbonyl (C=O) groups is 1. The number of benzene rings is 2. The fraction of sp³-hybridized carbons (Fsp3) is 0.292. The van der Waals surface area contributed by atoms with E-state index in [4.69, 9.17) is 5.73 Å². The molecule has 1 amide bonds. The number of aromatic nitrogens is 2. The van der Waals surface area contributed by atoms with Gasteiger partial charge in [0.1, 0.15) is 11.6 Å². The van der Waals surface area contributed by atoms with Crippen molar-refractivity contribution in [3.63, 3.8) is 0 Å². The normalized spacial score (nSPS) is 12.0.